The molecule has 1 aromatic carbocycles. The first-order chi connectivity index (χ1) is 11.4. The Bertz CT molecular complexity index is 582. The van der Waals surface area contributed by atoms with E-state index in [-0.39, 0.29) is 0 Å². The van der Waals surface area contributed by atoms with E-state index in [0.29, 0.717) is 6.04 Å². The van der Waals surface area contributed by atoms with E-state index in [1.807, 2.05) is 30.3 Å². The van der Waals surface area contributed by atoms with Gasteiger partial charge in [0.25, 0.3) is 0 Å². The lowest BCUT2D eigenvalue weighted by molar-refractivity contribution is 0.154. The number of unbranched alkanes of at least 4 members (excludes halogenated alkanes) is 1. The summed E-state index contributed by atoms with van der Waals surface area (Å²) in [6.07, 6.45) is 6.42. The summed E-state index contributed by atoms with van der Waals surface area (Å²) in [5, 5.41) is 15.5. The number of para-hydroxylation sites is 1. The Kier molecular flexibility index (Phi) is 5.58. The molecule has 0 amide bonds. The van der Waals surface area contributed by atoms with Gasteiger partial charge in [-0.05, 0) is 54.9 Å². The van der Waals surface area contributed by atoms with Crippen molar-refractivity contribution in [3.63, 3.8) is 0 Å². The van der Waals surface area contributed by atoms with Crippen molar-refractivity contribution in [2.45, 2.75) is 45.1 Å². The van der Waals surface area contributed by atoms with Crippen LogP contribution in [-0.2, 0) is 0 Å². The van der Waals surface area contributed by atoms with Crippen LogP contribution >= 0.6 is 0 Å². The molecule has 1 atom stereocenters. The average Bonchev–Trinajstić information content (AvgIpc) is 3.08. The summed E-state index contributed by atoms with van der Waals surface area (Å²) in [5.74, 6) is 0.720. The highest BCUT2D eigenvalue weighted by atomic mass is 15.6. The minimum atomic E-state index is 0.580. The second-order valence-corrected chi connectivity index (χ2v) is 6.17. The monoisotopic (exact) mass is 314 g/mol. The maximum absolute atomic E-state index is 4.14. The Morgan fingerprint density at radius 3 is 2.91 bits per heavy atom. The highest BCUT2D eigenvalue weighted by Gasteiger charge is 2.22. The van der Waals surface area contributed by atoms with Crippen molar-refractivity contribution in [3.8, 4) is 5.69 Å². The molecule has 1 N–H and O–H groups in total. The fourth-order valence-corrected chi connectivity index (χ4v) is 3.20. The van der Waals surface area contributed by atoms with Crippen molar-refractivity contribution in [1.82, 2.24) is 25.1 Å². The number of benzene rings is 1. The van der Waals surface area contributed by atoms with Gasteiger partial charge in [-0.3, -0.25) is 4.90 Å². The maximum atomic E-state index is 4.14. The summed E-state index contributed by atoms with van der Waals surface area (Å²) in [5.41, 5.74) is 0.978. The number of hydrogen-bond acceptors (Lipinski definition) is 5. The van der Waals surface area contributed by atoms with Crippen LogP contribution in [0.3, 0.4) is 0 Å². The van der Waals surface area contributed by atoms with Crippen molar-refractivity contribution in [2.24, 2.45) is 0 Å². The number of rotatable bonds is 7. The van der Waals surface area contributed by atoms with E-state index in [4.69, 9.17) is 0 Å². The lowest BCUT2D eigenvalue weighted by Gasteiger charge is -2.35. The van der Waals surface area contributed by atoms with Gasteiger partial charge in [-0.2, -0.15) is 4.68 Å². The van der Waals surface area contributed by atoms with Gasteiger partial charge in [-0.1, -0.05) is 43.1 Å². The molecule has 1 aliphatic rings. The molecule has 0 radical (unpaired) electrons. The van der Waals surface area contributed by atoms with E-state index in [1.165, 1.54) is 45.2 Å². The van der Waals surface area contributed by atoms with Crippen LogP contribution < -0.4 is 5.32 Å². The second kappa shape index (κ2) is 8.06. The van der Waals surface area contributed by atoms with Crippen LogP contribution in [0.15, 0.2) is 30.3 Å². The zero-order valence-electron chi connectivity index (χ0n) is 13.9. The van der Waals surface area contributed by atoms with Gasteiger partial charge in [0.05, 0.1) is 5.69 Å². The standard InChI is InChI=1S/C17H26N6/c1-2-3-12-22-13-8-7-11-16(22)14-18-17-19-20-21-23(17)15-9-5-4-6-10-15/h4-6,9-10,16H,2-3,7-8,11-14H2,1H3,(H,18,19,21). The molecule has 2 heterocycles. The van der Waals surface area contributed by atoms with Crippen LogP contribution in [-0.4, -0.2) is 50.8 Å². The Hall–Kier alpha value is -1.95. The van der Waals surface area contributed by atoms with Crippen molar-refractivity contribution < 1.29 is 0 Å². The van der Waals surface area contributed by atoms with Crippen LogP contribution in [0.1, 0.15) is 39.0 Å². The summed E-state index contributed by atoms with van der Waals surface area (Å²) < 4.78 is 1.76. The molecule has 124 valence electrons. The normalized spacial score (nSPS) is 18.9. The third-order valence-corrected chi connectivity index (χ3v) is 4.51. The molecule has 0 spiro atoms. The molecule has 6 nitrogen and oxygen atoms in total. The first kappa shape index (κ1) is 15.9. The Labute approximate surface area is 137 Å². The van der Waals surface area contributed by atoms with E-state index < -0.39 is 0 Å². The molecular formula is C17H26N6. The molecule has 1 aliphatic heterocycles. The van der Waals surface area contributed by atoms with Crippen LogP contribution in [0.25, 0.3) is 5.69 Å². The molecule has 1 saturated heterocycles. The number of likely N-dealkylation sites (tertiary alicyclic amines) is 1. The predicted molar refractivity (Wildman–Crippen MR) is 91.8 cm³/mol. The Morgan fingerprint density at radius 2 is 2.09 bits per heavy atom. The number of anilines is 1. The number of hydrogen-bond donors (Lipinski definition) is 1. The van der Waals surface area contributed by atoms with Crippen molar-refractivity contribution in [1.29, 1.82) is 0 Å². The van der Waals surface area contributed by atoms with Crippen LogP contribution in [0.2, 0.25) is 0 Å². The highest BCUT2D eigenvalue weighted by Crippen LogP contribution is 2.18. The van der Waals surface area contributed by atoms with Crippen LogP contribution in [0, 0.1) is 0 Å². The predicted octanol–water partition coefficient (Wildman–Crippen LogP) is 2.73. The molecule has 6 heteroatoms. The van der Waals surface area contributed by atoms with Gasteiger partial charge in [0, 0.05) is 12.6 Å². The van der Waals surface area contributed by atoms with Gasteiger partial charge in [0.1, 0.15) is 0 Å². The molecule has 1 fully saturated rings. The number of aromatic nitrogens is 4. The van der Waals surface area contributed by atoms with Gasteiger partial charge < -0.3 is 5.32 Å². The quantitative estimate of drug-likeness (QED) is 0.851. The average molecular weight is 314 g/mol. The van der Waals surface area contributed by atoms with Gasteiger partial charge in [-0.25, -0.2) is 0 Å². The molecule has 0 saturated carbocycles. The summed E-state index contributed by atoms with van der Waals surface area (Å²) in [4.78, 5) is 2.62. The largest absolute Gasteiger partial charge is 0.351 e. The third-order valence-electron chi connectivity index (χ3n) is 4.51. The summed E-state index contributed by atoms with van der Waals surface area (Å²) >= 11 is 0. The van der Waals surface area contributed by atoms with Gasteiger partial charge >= 0.3 is 0 Å². The van der Waals surface area contributed by atoms with E-state index in [0.717, 1.165) is 18.2 Å². The zero-order valence-corrected chi connectivity index (χ0v) is 13.9. The molecule has 1 aromatic heterocycles. The van der Waals surface area contributed by atoms with E-state index in [1.54, 1.807) is 4.68 Å². The maximum Gasteiger partial charge on any atom is 0.247 e. The summed E-state index contributed by atoms with van der Waals surface area (Å²) in [7, 11) is 0. The lowest BCUT2D eigenvalue weighted by Crippen LogP contribution is -2.44. The van der Waals surface area contributed by atoms with Crippen LogP contribution in [0.5, 0.6) is 0 Å². The van der Waals surface area contributed by atoms with Gasteiger partial charge in [-0.15, -0.1) is 0 Å². The van der Waals surface area contributed by atoms with Crippen molar-refractivity contribution in [3.05, 3.63) is 30.3 Å². The Morgan fingerprint density at radius 1 is 1.22 bits per heavy atom. The highest BCUT2D eigenvalue weighted by molar-refractivity contribution is 5.38. The first-order valence-corrected chi connectivity index (χ1v) is 8.70. The molecule has 23 heavy (non-hydrogen) atoms. The second-order valence-electron chi connectivity index (χ2n) is 6.17. The number of nitrogens with zero attached hydrogens (tertiary/aromatic N) is 5. The van der Waals surface area contributed by atoms with Crippen molar-refractivity contribution >= 4 is 5.95 Å². The minimum Gasteiger partial charge on any atom is -0.351 e. The van der Waals surface area contributed by atoms with Gasteiger partial charge in [0.15, 0.2) is 0 Å². The Balaban J connectivity index is 1.63. The SMILES string of the molecule is CCCCN1CCCCC1CNc1nnnn1-c1ccccc1. The fraction of sp³-hybridized carbons (Fsp3) is 0.588. The fourth-order valence-electron chi connectivity index (χ4n) is 3.20. The zero-order chi connectivity index (χ0) is 15.9. The summed E-state index contributed by atoms with van der Waals surface area (Å²) in [6.45, 7) is 5.57. The lowest BCUT2D eigenvalue weighted by atomic mass is 10.0. The minimum absolute atomic E-state index is 0.580. The first-order valence-electron chi connectivity index (χ1n) is 8.70. The number of piperidine rings is 1. The molecule has 2 aromatic rings. The molecule has 1 unspecified atom stereocenters. The molecule has 0 aliphatic carbocycles. The number of tetrazole rings is 1. The third kappa shape index (κ3) is 4.07. The van der Waals surface area contributed by atoms with Crippen LogP contribution in [0.4, 0.5) is 5.95 Å². The van der Waals surface area contributed by atoms with Crippen molar-refractivity contribution in [2.75, 3.05) is 25.0 Å². The topological polar surface area (TPSA) is 58.9 Å². The van der Waals surface area contributed by atoms with E-state index in [9.17, 15) is 0 Å². The molecular weight excluding hydrogens is 288 g/mol. The molecule has 0 bridgehead atoms. The smallest absolute Gasteiger partial charge is 0.247 e. The molecule has 3 rings (SSSR count). The van der Waals surface area contributed by atoms with E-state index in [2.05, 4.69) is 32.7 Å². The van der Waals surface area contributed by atoms with Gasteiger partial charge in [0.2, 0.25) is 5.95 Å². The number of nitrogens with one attached hydrogen (secondary N) is 1. The van der Waals surface area contributed by atoms with E-state index >= 15 is 0 Å². The summed E-state index contributed by atoms with van der Waals surface area (Å²) in [6, 6.07) is 10.6.